The number of hydrogen-bond acceptors (Lipinski definition) is 8. The largest absolute Gasteiger partial charge is 0.510 e. The lowest BCUT2D eigenvalue weighted by molar-refractivity contribution is -0.128. The summed E-state index contributed by atoms with van der Waals surface area (Å²) in [6, 6.07) is 15.2. The number of aromatic nitrogens is 1. The van der Waals surface area contributed by atoms with Crippen molar-refractivity contribution >= 4 is 35.4 Å². The van der Waals surface area contributed by atoms with Gasteiger partial charge in [0.1, 0.15) is 12.7 Å². The first kappa shape index (κ1) is 25.3. The van der Waals surface area contributed by atoms with E-state index < -0.39 is 18.4 Å². The minimum absolute atomic E-state index is 0.0972. The molecule has 5 aliphatic rings. The van der Waals surface area contributed by atoms with Crippen molar-refractivity contribution in [2.45, 2.75) is 41.5 Å². The van der Waals surface area contributed by atoms with Crippen LogP contribution in [0.25, 0.3) is 0 Å². The van der Waals surface area contributed by atoms with Crippen LogP contribution in [0.15, 0.2) is 64.4 Å². The topological polar surface area (TPSA) is 90.3 Å². The lowest BCUT2D eigenvalue weighted by atomic mass is 9.49. The number of hydrogen-bond donors (Lipinski definition) is 0. The molecule has 11 heteroatoms. The maximum Gasteiger partial charge on any atom is 0.510 e. The van der Waals surface area contributed by atoms with E-state index in [0.29, 0.717) is 17.6 Å². The zero-order valence-corrected chi connectivity index (χ0v) is 23.2. The standard InChI is InChI=1S/C29H26ClN3O6S/c1-37-28(36)39-16-38-26-21(34)9-10-32-25(26)27(35)31(29-11-17(12-29)13-29)15-33(32)24-19-6-2-3-8-22(19)40-14-18-5-4-7-20(30)23(18)24/h2-10,17,24H,11-16H2,1H3/t17?,24-,29?/m1/s1. The molecule has 0 radical (unpaired) electrons. The van der Waals surface area contributed by atoms with E-state index in [0.717, 1.165) is 46.6 Å². The molecule has 0 unspecified atom stereocenters. The second kappa shape index (κ2) is 9.49. The van der Waals surface area contributed by atoms with Crippen LogP contribution in [0.1, 0.15) is 52.5 Å². The molecule has 0 N–H and O–H groups in total. The van der Waals surface area contributed by atoms with Crippen molar-refractivity contribution in [1.29, 1.82) is 0 Å². The highest BCUT2D eigenvalue weighted by molar-refractivity contribution is 7.98. The van der Waals surface area contributed by atoms with Crippen LogP contribution < -0.4 is 15.2 Å². The Hall–Kier alpha value is -3.63. The lowest BCUT2D eigenvalue weighted by Gasteiger charge is -2.67. The van der Waals surface area contributed by atoms with Crippen LogP contribution in [-0.2, 0) is 15.2 Å². The molecule has 2 aliphatic heterocycles. The van der Waals surface area contributed by atoms with E-state index in [2.05, 4.69) is 27.9 Å². The van der Waals surface area contributed by atoms with E-state index in [1.807, 2.05) is 29.2 Å². The lowest BCUT2D eigenvalue weighted by Crippen LogP contribution is -2.73. The molecule has 2 aromatic carbocycles. The molecule has 1 atom stereocenters. The monoisotopic (exact) mass is 579 g/mol. The van der Waals surface area contributed by atoms with Crippen LogP contribution >= 0.6 is 23.4 Å². The molecule has 1 amide bonds. The Kier molecular flexibility index (Phi) is 6.01. The van der Waals surface area contributed by atoms with E-state index in [1.54, 1.807) is 22.6 Å². The van der Waals surface area contributed by atoms with Gasteiger partial charge < -0.3 is 19.1 Å². The number of amides is 1. The number of benzene rings is 2. The second-order valence-electron chi connectivity index (χ2n) is 10.6. The number of halogens is 1. The highest BCUT2D eigenvalue weighted by atomic mass is 35.5. The van der Waals surface area contributed by atoms with Crippen LogP contribution in [0.2, 0.25) is 5.02 Å². The summed E-state index contributed by atoms with van der Waals surface area (Å²) in [7, 11) is 1.18. The summed E-state index contributed by atoms with van der Waals surface area (Å²) in [5, 5.41) is 2.74. The van der Waals surface area contributed by atoms with Gasteiger partial charge in [-0.05, 0) is 48.4 Å². The van der Waals surface area contributed by atoms with Gasteiger partial charge in [0.15, 0.2) is 5.69 Å². The minimum Gasteiger partial charge on any atom is -0.451 e. The van der Waals surface area contributed by atoms with Gasteiger partial charge in [0, 0.05) is 39.0 Å². The summed E-state index contributed by atoms with van der Waals surface area (Å²) in [6.07, 6.45) is 3.49. The fourth-order valence-corrected chi connectivity index (χ4v) is 7.85. The number of carbonyl (C=O) groups is 2. The molecule has 1 aromatic heterocycles. The zero-order valence-electron chi connectivity index (χ0n) is 21.7. The minimum atomic E-state index is -0.952. The Morgan fingerprint density at radius 3 is 2.65 bits per heavy atom. The normalized spacial score (nSPS) is 24.0. The zero-order chi connectivity index (χ0) is 27.6. The Bertz CT molecular complexity index is 1590. The van der Waals surface area contributed by atoms with Gasteiger partial charge in [-0.2, -0.15) is 0 Å². The van der Waals surface area contributed by atoms with E-state index >= 15 is 0 Å². The highest BCUT2D eigenvalue weighted by Gasteiger charge is 2.63. The molecule has 206 valence electrons. The van der Waals surface area contributed by atoms with Crippen LogP contribution in [0, 0.1) is 5.92 Å². The molecule has 0 spiro atoms. The van der Waals surface area contributed by atoms with Crippen molar-refractivity contribution < 1.29 is 23.8 Å². The Morgan fingerprint density at radius 2 is 1.90 bits per heavy atom. The van der Waals surface area contributed by atoms with E-state index in [9.17, 15) is 14.4 Å². The number of ether oxygens (including phenoxy) is 3. The van der Waals surface area contributed by atoms with Crippen LogP contribution in [0.3, 0.4) is 0 Å². The molecular weight excluding hydrogens is 554 g/mol. The van der Waals surface area contributed by atoms with E-state index in [1.165, 1.54) is 13.2 Å². The number of nitrogens with zero attached hydrogens (tertiary/aromatic N) is 3. The summed E-state index contributed by atoms with van der Waals surface area (Å²) in [5.41, 5.74) is 2.52. The molecule has 40 heavy (non-hydrogen) atoms. The summed E-state index contributed by atoms with van der Waals surface area (Å²) in [4.78, 5) is 41.8. The van der Waals surface area contributed by atoms with Gasteiger partial charge in [0.25, 0.3) is 5.91 Å². The third-order valence-corrected chi connectivity index (χ3v) is 9.95. The van der Waals surface area contributed by atoms with Gasteiger partial charge in [0.2, 0.25) is 18.0 Å². The van der Waals surface area contributed by atoms with Crippen molar-refractivity contribution in [3.8, 4) is 5.75 Å². The van der Waals surface area contributed by atoms with Gasteiger partial charge >= 0.3 is 6.16 Å². The number of rotatable bonds is 5. The first-order chi connectivity index (χ1) is 19.4. The molecule has 3 fully saturated rings. The average Bonchev–Trinajstić information content (AvgIpc) is 3.07. The van der Waals surface area contributed by atoms with Gasteiger partial charge in [-0.25, -0.2) is 4.79 Å². The fraction of sp³-hybridized carbons (Fsp3) is 0.345. The molecule has 3 aromatic rings. The fourth-order valence-electron chi connectivity index (χ4n) is 6.47. The molecule has 3 aliphatic carbocycles. The average molecular weight is 580 g/mol. The van der Waals surface area contributed by atoms with E-state index in [4.69, 9.17) is 21.1 Å². The van der Waals surface area contributed by atoms with Crippen molar-refractivity contribution in [2.75, 3.05) is 25.6 Å². The first-order valence-electron chi connectivity index (χ1n) is 13.1. The molecule has 3 saturated carbocycles. The van der Waals surface area contributed by atoms with Crippen molar-refractivity contribution in [3.05, 3.63) is 92.4 Å². The maximum absolute atomic E-state index is 14.2. The summed E-state index contributed by atoms with van der Waals surface area (Å²) in [6.45, 7) is -0.259. The predicted octanol–water partition coefficient (Wildman–Crippen LogP) is 4.92. The van der Waals surface area contributed by atoms with Crippen molar-refractivity contribution in [2.24, 2.45) is 5.92 Å². The summed E-state index contributed by atoms with van der Waals surface area (Å²) < 4.78 is 16.8. The molecule has 8 rings (SSSR count). The van der Waals surface area contributed by atoms with Gasteiger partial charge in [0.05, 0.1) is 7.11 Å². The molecule has 0 saturated heterocycles. The third-order valence-electron chi connectivity index (χ3n) is 8.48. The predicted molar refractivity (Wildman–Crippen MR) is 148 cm³/mol. The third kappa shape index (κ3) is 3.80. The molecule has 9 nitrogen and oxygen atoms in total. The summed E-state index contributed by atoms with van der Waals surface area (Å²) in [5.74, 6) is 0.932. The Morgan fingerprint density at radius 1 is 1.10 bits per heavy atom. The Balaban J connectivity index is 1.41. The Labute approximate surface area is 239 Å². The van der Waals surface area contributed by atoms with Crippen molar-refractivity contribution in [3.63, 3.8) is 0 Å². The quantitative estimate of drug-likeness (QED) is 0.311. The second-order valence-corrected chi connectivity index (χ2v) is 12.0. The number of fused-ring (bicyclic) bond motifs is 3. The van der Waals surface area contributed by atoms with Crippen LogP contribution in [0.5, 0.6) is 5.75 Å². The SMILES string of the molecule is COC(=O)OCOc1c2n(ccc1=O)N([C@@H]1c3ccccc3SCc3cccc(Cl)c31)CN(C13CC(C1)C3)C2=O. The number of methoxy groups -OCH3 is 1. The number of thioether (sulfide) groups is 1. The molecule has 3 heterocycles. The van der Waals surface area contributed by atoms with Crippen LogP contribution in [0.4, 0.5) is 4.79 Å². The van der Waals surface area contributed by atoms with Crippen molar-refractivity contribution in [1.82, 2.24) is 9.58 Å². The van der Waals surface area contributed by atoms with Crippen LogP contribution in [-0.4, -0.2) is 47.7 Å². The van der Waals surface area contributed by atoms with E-state index in [-0.39, 0.29) is 28.9 Å². The first-order valence-corrected chi connectivity index (χ1v) is 14.4. The highest BCUT2D eigenvalue weighted by Crippen LogP contribution is 2.61. The van der Waals surface area contributed by atoms with Gasteiger partial charge in [-0.3, -0.25) is 19.3 Å². The van der Waals surface area contributed by atoms with Gasteiger partial charge in [-0.1, -0.05) is 41.9 Å². The number of pyridine rings is 1. The summed E-state index contributed by atoms with van der Waals surface area (Å²) >= 11 is 8.68. The maximum atomic E-state index is 14.2. The smallest absolute Gasteiger partial charge is 0.451 e. The van der Waals surface area contributed by atoms with Gasteiger partial charge in [-0.15, -0.1) is 11.8 Å². The molecule has 2 bridgehead atoms. The number of carbonyl (C=O) groups excluding carboxylic acids is 2. The molecular formula is C29H26ClN3O6S.